The minimum Gasteiger partial charge on any atom is -0.497 e. The number of nitrogens with two attached hydrogens (primary N) is 1. The van der Waals surface area contributed by atoms with Gasteiger partial charge in [0.1, 0.15) is 5.75 Å². The van der Waals surface area contributed by atoms with Crippen LogP contribution in [-0.2, 0) is 4.79 Å². The zero-order valence-corrected chi connectivity index (χ0v) is 13.4. The Labute approximate surface area is 132 Å². The molecule has 1 aromatic rings. The van der Waals surface area contributed by atoms with E-state index in [-0.39, 0.29) is 23.7 Å². The molecule has 1 saturated heterocycles. The molecule has 2 rings (SSSR count). The van der Waals surface area contributed by atoms with Gasteiger partial charge in [-0.2, -0.15) is 0 Å². The largest absolute Gasteiger partial charge is 0.497 e. The van der Waals surface area contributed by atoms with E-state index in [0.717, 1.165) is 30.9 Å². The molecular weight excluding hydrogens is 290 g/mol. The van der Waals surface area contributed by atoms with Crippen molar-refractivity contribution < 1.29 is 9.53 Å². The molecule has 1 aromatic carbocycles. The highest BCUT2D eigenvalue weighted by Crippen LogP contribution is 2.28. The van der Waals surface area contributed by atoms with Gasteiger partial charge in [0.2, 0.25) is 5.91 Å². The van der Waals surface area contributed by atoms with E-state index < -0.39 is 0 Å². The van der Waals surface area contributed by atoms with Gasteiger partial charge in [-0.25, -0.2) is 0 Å². The van der Waals surface area contributed by atoms with E-state index in [1.54, 1.807) is 7.11 Å². The Morgan fingerprint density at radius 2 is 2.29 bits per heavy atom. The van der Waals surface area contributed by atoms with Crippen LogP contribution in [0.1, 0.15) is 13.3 Å². The molecule has 1 atom stereocenters. The van der Waals surface area contributed by atoms with Gasteiger partial charge in [-0.05, 0) is 37.1 Å². The summed E-state index contributed by atoms with van der Waals surface area (Å²) in [5.41, 5.74) is 6.68. The number of halogens is 1. The topological polar surface area (TPSA) is 67.6 Å². The average molecular weight is 314 g/mol. The standard InChI is InChI=1S/C15H23N3O2.ClH/c1-15(10-16)6-7-18(11-15)9-14(19)17-12-4-3-5-13(8-12)20-2;/h3-5,8H,6-7,9-11,16H2,1-2H3,(H,17,19);1H. The first-order valence-corrected chi connectivity index (χ1v) is 6.91. The number of amides is 1. The Kier molecular flexibility index (Phi) is 6.45. The van der Waals surface area contributed by atoms with Gasteiger partial charge in [0, 0.05) is 18.3 Å². The van der Waals surface area contributed by atoms with E-state index in [0.29, 0.717) is 13.1 Å². The summed E-state index contributed by atoms with van der Waals surface area (Å²) in [6.45, 7) is 5.06. The van der Waals surface area contributed by atoms with E-state index in [9.17, 15) is 4.79 Å². The smallest absolute Gasteiger partial charge is 0.238 e. The van der Waals surface area contributed by atoms with E-state index in [4.69, 9.17) is 10.5 Å². The summed E-state index contributed by atoms with van der Waals surface area (Å²) in [5, 5.41) is 2.90. The molecule has 0 aromatic heterocycles. The van der Waals surface area contributed by atoms with Gasteiger partial charge >= 0.3 is 0 Å². The molecule has 1 unspecified atom stereocenters. The van der Waals surface area contributed by atoms with E-state index >= 15 is 0 Å². The van der Waals surface area contributed by atoms with Crippen molar-refractivity contribution in [2.75, 3.05) is 38.6 Å². The molecule has 5 nitrogen and oxygen atoms in total. The maximum atomic E-state index is 12.0. The molecule has 0 bridgehead atoms. The highest BCUT2D eigenvalue weighted by atomic mass is 35.5. The average Bonchev–Trinajstić information content (AvgIpc) is 2.81. The normalized spacial score (nSPS) is 21.7. The lowest BCUT2D eigenvalue weighted by Gasteiger charge is -2.22. The van der Waals surface area contributed by atoms with Crippen molar-refractivity contribution in [2.24, 2.45) is 11.1 Å². The Morgan fingerprint density at radius 3 is 2.90 bits per heavy atom. The molecule has 1 heterocycles. The van der Waals surface area contributed by atoms with Crippen LogP contribution in [0.2, 0.25) is 0 Å². The first-order valence-electron chi connectivity index (χ1n) is 6.91. The number of nitrogens with zero attached hydrogens (tertiary/aromatic N) is 1. The van der Waals surface area contributed by atoms with Crippen LogP contribution in [0.15, 0.2) is 24.3 Å². The summed E-state index contributed by atoms with van der Waals surface area (Å²) in [5.74, 6) is 0.735. The van der Waals surface area contributed by atoms with Crippen molar-refractivity contribution >= 4 is 24.0 Å². The van der Waals surface area contributed by atoms with Crippen molar-refractivity contribution in [2.45, 2.75) is 13.3 Å². The molecule has 1 fully saturated rings. The zero-order valence-electron chi connectivity index (χ0n) is 12.6. The quantitative estimate of drug-likeness (QED) is 0.868. The maximum absolute atomic E-state index is 12.0. The molecule has 21 heavy (non-hydrogen) atoms. The van der Waals surface area contributed by atoms with Crippen LogP contribution in [0.25, 0.3) is 0 Å². The van der Waals surface area contributed by atoms with E-state index in [2.05, 4.69) is 17.1 Å². The van der Waals surface area contributed by atoms with Gasteiger partial charge in [0.15, 0.2) is 0 Å². The lowest BCUT2D eigenvalue weighted by Crippen LogP contribution is -2.35. The number of carbonyl (C=O) groups excluding carboxylic acids is 1. The second-order valence-electron chi connectivity index (χ2n) is 5.76. The fourth-order valence-corrected chi connectivity index (χ4v) is 2.53. The third-order valence-electron chi connectivity index (χ3n) is 3.85. The Balaban J connectivity index is 0.00000220. The summed E-state index contributed by atoms with van der Waals surface area (Å²) >= 11 is 0. The minimum atomic E-state index is -0.000440. The number of ether oxygens (including phenoxy) is 1. The number of likely N-dealkylation sites (tertiary alicyclic amines) is 1. The monoisotopic (exact) mass is 313 g/mol. The predicted octanol–water partition coefficient (Wildman–Crippen LogP) is 1.73. The van der Waals surface area contributed by atoms with E-state index in [1.807, 2.05) is 24.3 Å². The van der Waals surface area contributed by atoms with E-state index in [1.165, 1.54) is 0 Å². The number of nitrogens with one attached hydrogen (secondary N) is 1. The van der Waals surface area contributed by atoms with Gasteiger partial charge in [0.05, 0.1) is 13.7 Å². The van der Waals surface area contributed by atoms with Crippen molar-refractivity contribution in [3.8, 4) is 5.75 Å². The number of benzene rings is 1. The van der Waals surface area contributed by atoms with Gasteiger partial charge < -0.3 is 15.8 Å². The van der Waals surface area contributed by atoms with Crippen molar-refractivity contribution in [3.05, 3.63) is 24.3 Å². The number of methoxy groups -OCH3 is 1. The molecule has 0 radical (unpaired) electrons. The van der Waals surface area contributed by atoms with Crippen LogP contribution >= 0.6 is 12.4 Å². The van der Waals surface area contributed by atoms with Crippen LogP contribution in [0.5, 0.6) is 5.75 Å². The summed E-state index contributed by atoms with van der Waals surface area (Å²) in [6.07, 6.45) is 1.05. The molecule has 1 aliphatic heterocycles. The molecule has 118 valence electrons. The predicted molar refractivity (Wildman–Crippen MR) is 87.1 cm³/mol. The molecular formula is C15H24ClN3O2. The fraction of sp³-hybridized carbons (Fsp3) is 0.533. The van der Waals surface area contributed by atoms with Crippen LogP contribution in [0.4, 0.5) is 5.69 Å². The van der Waals surface area contributed by atoms with Crippen molar-refractivity contribution in [3.63, 3.8) is 0 Å². The van der Waals surface area contributed by atoms with Crippen LogP contribution < -0.4 is 15.8 Å². The Hall–Kier alpha value is -1.30. The van der Waals surface area contributed by atoms with Gasteiger partial charge in [-0.15, -0.1) is 12.4 Å². The number of hydrogen-bond acceptors (Lipinski definition) is 4. The molecule has 3 N–H and O–H groups in total. The Morgan fingerprint density at radius 1 is 1.52 bits per heavy atom. The van der Waals surface area contributed by atoms with Gasteiger partial charge in [-0.3, -0.25) is 9.69 Å². The Bertz CT molecular complexity index is 484. The number of hydrogen-bond donors (Lipinski definition) is 2. The zero-order chi connectivity index (χ0) is 14.6. The summed E-state index contributed by atoms with van der Waals surface area (Å²) in [7, 11) is 1.61. The molecule has 0 aliphatic carbocycles. The summed E-state index contributed by atoms with van der Waals surface area (Å²) < 4.78 is 5.14. The third kappa shape index (κ3) is 4.88. The highest BCUT2D eigenvalue weighted by Gasteiger charge is 2.33. The number of anilines is 1. The summed E-state index contributed by atoms with van der Waals surface area (Å²) in [6, 6.07) is 7.37. The van der Waals surface area contributed by atoms with Crippen LogP contribution in [-0.4, -0.2) is 44.1 Å². The van der Waals surface area contributed by atoms with Gasteiger partial charge in [0.25, 0.3) is 0 Å². The first-order chi connectivity index (χ1) is 9.54. The highest BCUT2D eigenvalue weighted by molar-refractivity contribution is 5.92. The lowest BCUT2D eigenvalue weighted by molar-refractivity contribution is -0.117. The van der Waals surface area contributed by atoms with Crippen molar-refractivity contribution in [1.29, 1.82) is 0 Å². The molecule has 1 amide bonds. The fourth-order valence-electron chi connectivity index (χ4n) is 2.53. The number of carbonyl (C=O) groups is 1. The third-order valence-corrected chi connectivity index (χ3v) is 3.85. The lowest BCUT2D eigenvalue weighted by atomic mass is 9.90. The second kappa shape index (κ2) is 7.64. The molecule has 0 saturated carbocycles. The molecule has 0 spiro atoms. The SMILES string of the molecule is COc1cccc(NC(=O)CN2CCC(C)(CN)C2)c1.Cl. The van der Waals surface area contributed by atoms with Gasteiger partial charge in [-0.1, -0.05) is 13.0 Å². The number of rotatable bonds is 5. The second-order valence-corrected chi connectivity index (χ2v) is 5.76. The van der Waals surface area contributed by atoms with Crippen LogP contribution in [0.3, 0.4) is 0 Å². The van der Waals surface area contributed by atoms with Crippen molar-refractivity contribution in [1.82, 2.24) is 4.90 Å². The first kappa shape index (κ1) is 17.8. The summed E-state index contributed by atoms with van der Waals surface area (Å²) in [4.78, 5) is 14.2. The molecule has 6 heteroatoms. The van der Waals surface area contributed by atoms with Crippen LogP contribution in [0, 0.1) is 5.41 Å². The molecule has 1 aliphatic rings. The minimum absolute atomic E-state index is 0. The maximum Gasteiger partial charge on any atom is 0.238 e.